The molecule has 24 heavy (non-hydrogen) atoms. The van der Waals surface area contributed by atoms with Crippen molar-refractivity contribution in [2.75, 3.05) is 18.2 Å². The first kappa shape index (κ1) is 18.4. The van der Waals surface area contributed by atoms with Crippen molar-refractivity contribution in [2.45, 2.75) is 31.6 Å². The highest BCUT2D eigenvalue weighted by molar-refractivity contribution is 7.91. The monoisotopic (exact) mass is 368 g/mol. The molecule has 2 rings (SSSR count). The number of benzene rings is 1. The Labute approximate surface area is 145 Å². The Kier molecular flexibility index (Phi) is 5.95. The molecule has 0 fully saturated rings. The largest absolute Gasteiger partial charge is 0.497 e. The zero-order chi connectivity index (χ0) is 17.7. The lowest BCUT2D eigenvalue weighted by molar-refractivity contribution is -0.116. The molecule has 1 N–H and O–H groups in total. The molecule has 8 heteroatoms. The summed E-state index contributed by atoms with van der Waals surface area (Å²) in [6, 6.07) is 6.23. The van der Waals surface area contributed by atoms with E-state index >= 15 is 0 Å². The molecule has 6 nitrogen and oxygen atoms in total. The Bertz CT molecular complexity index is 792. The topological polar surface area (TPSA) is 85.4 Å². The second-order valence-corrected chi connectivity index (χ2v) is 8.62. The molecule has 0 unspecified atom stereocenters. The zero-order valence-corrected chi connectivity index (χ0v) is 15.5. The molecule has 1 aromatic carbocycles. The highest BCUT2D eigenvalue weighted by Gasteiger charge is 2.15. The first-order valence-corrected chi connectivity index (χ1v) is 9.89. The van der Waals surface area contributed by atoms with E-state index in [0.717, 1.165) is 10.6 Å². The highest BCUT2D eigenvalue weighted by Crippen LogP contribution is 2.21. The maximum atomic E-state index is 12.2. The average Bonchev–Trinajstić information content (AvgIpc) is 2.85. The predicted molar refractivity (Wildman–Crippen MR) is 94.5 cm³/mol. The number of sulfone groups is 1. The zero-order valence-electron chi connectivity index (χ0n) is 13.8. The van der Waals surface area contributed by atoms with Gasteiger partial charge in [-0.05, 0) is 44.5 Å². The van der Waals surface area contributed by atoms with Gasteiger partial charge < -0.3 is 10.1 Å². The summed E-state index contributed by atoms with van der Waals surface area (Å²) in [6.45, 7) is 3.81. The molecule has 0 aliphatic rings. The van der Waals surface area contributed by atoms with Crippen molar-refractivity contribution >= 4 is 32.2 Å². The van der Waals surface area contributed by atoms with Gasteiger partial charge in [-0.25, -0.2) is 13.4 Å². The lowest BCUT2D eigenvalue weighted by atomic mass is 10.3. The van der Waals surface area contributed by atoms with Crippen LogP contribution in [0.15, 0.2) is 29.2 Å². The van der Waals surface area contributed by atoms with Crippen LogP contribution in [0.25, 0.3) is 0 Å². The molecular weight excluding hydrogens is 348 g/mol. The lowest BCUT2D eigenvalue weighted by Gasteiger charge is -2.06. The molecule has 0 aliphatic carbocycles. The van der Waals surface area contributed by atoms with E-state index < -0.39 is 9.84 Å². The number of carbonyl (C=O) groups is 1. The van der Waals surface area contributed by atoms with Crippen molar-refractivity contribution in [3.63, 3.8) is 0 Å². The van der Waals surface area contributed by atoms with Crippen LogP contribution in [0.1, 0.15) is 23.4 Å². The molecule has 130 valence electrons. The molecule has 1 aromatic heterocycles. The third kappa shape index (κ3) is 4.78. The number of hydrogen-bond acceptors (Lipinski definition) is 6. The van der Waals surface area contributed by atoms with Gasteiger partial charge in [-0.1, -0.05) is 0 Å². The molecule has 0 aliphatic heterocycles. The Morgan fingerprint density at radius 1 is 1.25 bits per heavy atom. The number of ether oxygens (including phenoxy) is 1. The molecule has 1 heterocycles. The molecule has 0 atom stereocenters. The second kappa shape index (κ2) is 7.76. The first-order chi connectivity index (χ1) is 11.3. The quantitative estimate of drug-likeness (QED) is 0.812. The van der Waals surface area contributed by atoms with E-state index in [9.17, 15) is 13.2 Å². The fourth-order valence-corrected chi connectivity index (χ4v) is 4.17. The number of aromatic nitrogens is 1. The van der Waals surface area contributed by atoms with Gasteiger partial charge in [0.1, 0.15) is 5.75 Å². The van der Waals surface area contributed by atoms with E-state index in [-0.39, 0.29) is 29.4 Å². The number of amides is 1. The highest BCUT2D eigenvalue weighted by atomic mass is 32.2. The number of methoxy groups -OCH3 is 1. The van der Waals surface area contributed by atoms with Crippen molar-refractivity contribution in [1.29, 1.82) is 0 Å². The molecule has 0 bridgehead atoms. The van der Waals surface area contributed by atoms with Crippen LogP contribution >= 0.6 is 11.3 Å². The van der Waals surface area contributed by atoms with Gasteiger partial charge in [-0.15, -0.1) is 11.3 Å². The minimum Gasteiger partial charge on any atom is -0.497 e. The number of hydrogen-bond donors (Lipinski definition) is 1. The summed E-state index contributed by atoms with van der Waals surface area (Å²) in [7, 11) is -1.88. The standard InChI is InChI=1S/C16H20N2O4S2/c1-11-12(2)23-16(17-11)18-15(19)5-4-10-24(20,21)14-8-6-13(22-3)7-9-14/h6-9H,4-5,10H2,1-3H3,(H,17,18,19). The van der Waals surface area contributed by atoms with Crippen LogP contribution in [0.2, 0.25) is 0 Å². The van der Waals surface area contributed by atoms with Crippen LogP contribution in [0.3, 0.4) is 0 Å². The summed E-state index contributed by atoms with van der Waals surface area (Å²) < 4.78 is 29.5. The lowest BCUT2D eigenvalue weighted by Crippen LogP contribution is -2.14. The normalized spacial score (nSPS) is 11.3. The number of rotatable bonds is 7. The molecule has 0 radical (unpaired) electrons. The maximum Gasteiger partial charge on any atom is 0.226 e. The minimum absolute atomic E-state index is 0.0807. The van der Waals surface area contributed by atoms with Gasteiger partial charge in [-0.2, -0.15) is 0 Å². The Hall–Kier alpha value is -1.93. The summed E-state index contributed by atoms with van der Waals surface area (Å²) in [5, 5.41) is 3.25. The average molecular weight is 368 g/mol. The number of aryl methyl sites for hydroxylation is 2. The van der Waals surface area contributed by atoms with Crippen LogP contribution in [0.5, 0.6) is 5.75 Å². The van der Waals surface area contributed by atoms with Crippen LogP contribution in [0.4, 0.5) is 5.13 Å². The van der Waals surface area contributed by atoms with Crippen molar-refractivity contribution in [1.82, 2.24) is 4.98 Å². The van der Waals surface area contributed by atoms with Crippen LogP contribution in [-0.4, -0.2) is 32.2 Å². The van der Waals surface area contributed by atoms with E-state index in [1.807, 2.05) is 13.8 Å². The second-order valence-electron chi connectivity index (χ2n) is 5.31. The van der Waals surface area contributed by atoms with Gasteiger partial charge in [0, 0.05) is 11.3 Å². The number of carbonyl (C=O) groups excluding carboxylic acids is 1. The Balaban J connectivity index is 1.86. The van der Waals surface area contributed by atoms with E-state index in [2.05, 4.69) is 10.3 Å². The van der Waals surface area contributed by atoms with Crippen molar-refractivity contribution in [3.8, 4) is 5.75 Å². The van der Waals surface area contributed by atoms with Gasteiger partial charge in [-0.3, -0.25) is 4.79 Å². The van der Waals surface area contributed by atoms with Crippen molar-refractivity contribution < 1.29 is 17.9 Å². The molecular formula is C16H20N2O4S2. The summed E-state index contributed by atoms with van der Waals surface area (Å²) in [6.07, 6.45) is 0.386. The van der Waals surface area contributed by atoms with E-state index in [1.54, 1.807) is 12.1 Å². The number of nitrogens with zero attached hydrogens (tertiary/aromatic N) is 1. The van der Waals surface area contributed by atoms with Gasteiger partial charge in [0.25, 0.3) is 0 Å². The van der Waals surface area contributed by atoms with E-state index in [4.69, 9.17) is 4.74 Å². The third-order valence-electron chi connectivity index (χ3n) is 3.51. The fraction of sp³-hybridized carbons (Fsp3) is 0.375. The number of anilines is 1. The summed E-state index contributed by atoms with van der Waals surface area (Å²) in [5.41, 5.74) is 0.886. The maximum absolute atomic E-state index is 12.2. The van der Waals surface area contributed by atoms with Crippen LogP contribution < -0.4 is 10.1 Å². The summed E-state index contributed by atoms with van der Waals surface area (Å²) in [5.74, 6) is 0.291. The minimum atomic E-state index is -3.40. The van der Waals surface area contributed by atoms with Crippen LogP contribution in [0, 0.1) is 13.8 Å². The molecule has 0 saturated heterocycles. The predicted octanol–water partition coefficient (Wildman–Crippen LogP) is 2.96. The summed E-state index contributed by atoms with van der Waals surface area (Å²) in [4.78, 5) is 17.4. The van der Waals surface area contributed by atoms with Gasteiger partial charge in [0.05, 0.1) is 23.5 Å². The van der Waals surface area contributed by atoms with E-state index in [0.29, 0.717) is 10.9 Å². The van der Waals surface area contributed by atoms with E-state index in [1.165, 1.54) is 30.6 Å². The summed E-state index contributed by atoms with van der Waals surface area (Å²) >= 11 is 1.41. The SMILES string of the molecule is COc1ccc(S(=O)(=O)CCCC(=O)Nc2nc(C)c(C)s2)cc1. The smallest absolute Gasteiger partial charge is 0.226 e. The van der Waals surface area contributed by atoms with Gasteiger partial charge >= 0.3 is 0 Å². The third-order valence-corrected chi connectivity index (χ3v) is 6.32. The van der Waals surface area contributed by atoms with Gasteiger partial charge in [0.2, 0.25) is 5.91 Å². The number of nitrogens with one attached hydrogen (secondary N) is 1. The van der Waals surface area contributed by atoms with Crippen LogP contribution in [-0.2, 0) is 14.6 Å². The molecule has 2 aromatic rings. The molecule has 0 spiro atoms. The van der Waals surface area contributed by atoms with Crippen molar-refractivity contribution in [2.24, 2.45) is 0 Å². The molecule has 1 amide bonds. The molecule has 0 saturated carbocycles. The van der Waals surface area contributed by atoms with Gasteiger partial charge in [0.15, 0.2) is 15.0 Å². The Morgan fingerprint density at radius 3 is 2.46 bits per heavy atom. The Morgan fingerprint density at radius 2 is 1.92 bits per heavy atom. The van der Waals surface area contributed by atoms with Crippen molar-refractivity contribution in [3.05, 3.63) is 34.8 Å². The number of thiazole rings is 1. The first-order valence-electron chi connectivity index (χ1n) is 7.42. The fourth-order valence-electron chi connectivity index (χ4n) is 2.03.